The zero-order valence-electron chi connectivity index (χ0n) is 10.3. The van der Waals surface area contributed by atoms with Crippen molar-refractivity contribution >= 4 is 59.0 Å². The zero-order valence-corrected chi connectivity index (χ0v) is 13.5. The average Bonchev–Trinajstić information content (AvgIpc) is 2.78. The monoisotopic (exact) mass is 350 g/mol. The van der Waals surface area contributed by atoms with Crippen LogP contribution in [0.4, 0.5) is 0 Å². The molecule has 4 rings (SSSR count). The van der Waals surface area contributed by atoms with Crippen molar-refractivity contribution in [2.45, 2.75) is 25.7 Å². The van der Waals surface area contributed by atoms with Crippen molar-refractivity contribution in [1.29, 1.82) is 0 Å². The van der Waals surface area contributed by atoms with Gasteiger partial charge in [0.05, 0.1) is 9.72 Å². The van der Waals surface area contributed by atoms with Crippen LogP contribution in [0.5, 0.6) is 0 Å². The summed E-state index contributed by atoms with van der Waals surface area (Å²) in [6, 6.07) is 8.80. The normalized spacial score (nSPS) is 15.1. The van der Waals surface area contributed by atoms with Gasteiger partial charge in [0.1, 0.15) is 0 Å². The molecule has 0 N–H and O–H groups in total. The SMILES string of the molecule is Clc1cc(Br)cc2c1sc1ccc3c(c12)CCCC3. The second kappa shape index (κ2) is 4.47. The van der Waals surface area contributed by atoms with Crippen LogP contribution in [-0.4, -0.2) is 0 Å². The summed E-state index contributed by atoms with van der Waals surface area (Å²) in [7, 11) is 0. The summed E-state index contributed by atoms with van der Waals surface area (Å²) in [5, 5.41) is 3.62. The van der Waals surface area contributed by atoms with Crippen LogP contribution in [0.15, 0.2) is 28.7 Å². The van der Waals surface area contributed by atoms with Crippen LogP contribution in [0.2, 0.25) is 5.02 Å². The minimum Gasteiger partial charge on any atom is -0.134 e. The van der Waals surface area contributed by atoms with Gasteiger partial charge in [0.15, 0.2) is 0 Å². The maximum Gasteiger partial charge on any atom is 0.0595 e. The number of hydrogen-bond acceptors (Lipinski definition) is 1. The third-order valence-corrected chi connectivity index (χ3v) is 6.06. The van der Waals surface area contributed by atoms with E-state index >= 15 is 0 Å². The number of benzene rings is 2. The van der Waals surface area contributed by atoms with E-state index in [2.05, 4.69) is 34.1 Å². The van der Waals surface area contributed by atoms with E-state index in [-0.39, 0.29) is 0 Å². The topological polar surface area (TPSA) is 0 Å². The van der Waals surface area contributed by atoms with Crippen molar-refractivity contribution in [3.8, 4) is 0 Å². The van der Waals surface area contributed by atoms with Crippen LogP contribution in [0.25, 0.3) is 20.2 Å². The summed E-state index contributed by atoms with van der Waals surface area (Å²) >= 11 is 11.8. The summed E-state index contributed by atoms with van der Waals surface area (Å²) < 4.78 is 3.66. The Hall–Kier alpha value is -0.570. The molecule has 19 heavy (non-hydrogen) atoms. The highest BCUT2D eigenvalue weighted by molar-refractivity contribution is 9.10. The van der Waals surface area contributed by atoms with E-state index < -0.39 is 0 Å². The molecule has 0 saturated carbocycles. The van der Waals surface area contributed by atoms with Crippen LogP contribution in [0.3, 0.4) is 0 Å². The Morgan fingerprint density at radius 1 is 1.11 bits per heavy atom. The summed E-state index contributed by atoms with van der Waals surface area (Å²) in [5.74, 6) is 0. The van der Waals surface area contributed by atoms with Crippen molar-refractivity contribution in [2.75, 3.05) is 0 Å². The number of halogens is 2. The molecule has 3 heteroatoms. The van der Waals surface area contributed by atoms with Crippen LogP contribution in [0.1, 0.15) is 24.0 Å². The van der Waals surface area contributed by atoms with Crippen LogP contribution in [-0.2, 0) is 12.8 Å². The summed E-state index contributed by atoms with van der Waals surface area (Å²) in [4.78, 5) is 0. The molecule has 0 amide bonds. The molecular weight excluding hydrogens is 340 g/mol. The Kier molecular flexibility index (Phi) is 2.87. The molecule has 0 radical (unpaired) electrons. The fourth-order valence-electron chi connectivity index (χ4n) is 3.15. The molecule has 2 aromatic carbocycles. The van der Waals surface area contributed by atoms with Gasteiger partial charge in [0.2, 0.25) is 0 Å². The number of thiophene rings is 1. The van der Waals surface area contributed by atoms with E-state index in [9.17, 15) is 0 Å². The Labute approximate surface area is 129 Å². The second-order valence-corrected chi connectivity index (χ2v) is 7.52. The summed E-state index contributed by atoms with van der Waals surface area (Å²) in [6.45, 7) is 0. The van der Waals surface area contributed by atoms with Gasteiger partial charge in [-0.3, -0.25) is 0 Å². The van der Waals surface area contributed by atoms with E-state index in [1.165, 1.54) is 51.4 Å². The first-order valence-electron chi connectivity index (χ1n) is 6.56. The van der Waals surface area contributed by atoms with Gasteiger partial charge < -0.3 is 0 Å². The molecule has 0 spiro atoms. The van der Waals surface area contributed by atoms with Gasteiger partial charge in [0.25, 0.3) is 0 Å². The number of rotatable bonds is 0. The minimum absolute atomic E-state index is 0.857. The van der Waals surface area contributed by atoms with E-state index in [1.807, 2.05) is 17.4 Å². The molecule has 3 aromatic rings. The predicted octanol–water partition coefficient (Wildman–Crippen LogP) is 6.35. The average molecular weight is 352 g/mol. The van der Waals surface area contributed by atoms with Crippen LogP contribution in [0, 0.1) is 0 Å². The lowest BCUT2D eigenvalue weighted by Gasteiger charge is -2.16. The molecular formula is C16H12BrClS. The first kappa shape index (κ1) is 12.2. The van der Waals surface area contributed by atoms with Crippen molar-refractivity contribution < 1.29 is 0 Å². The predicted molar refractivity (Wildman–Crippen MR) is 88.7 cm³/mol. The largest absolute Gasteiger partial charge is 0.134 e. The molecule has 96 valence electrons. The summed E-state index contributed by atoms with van der Waals surface area (Å²) in [6.07, 6.45) is 5.07. The van der Waals surface area contributed by atoms with Crippen molar-refractivity contribution in [3.05, 3.63) is 44.9 Å². The lowest BCUT2D eigenvalue weighted by Crippen LogP contribution is -2.02. The standard InChI is InChI=1S/C16H12BrClS/c17-10-7-12-15-11-4-2-1-3-9(11)5-6-14(15)19-16(12)13(18)8-10/h5-8H,1-4H2. The Morgan fingerprint density at radius 2 is 1.95 bits per heavy atom. The van der Waals surface area contributed by atoms with E-state index in [4.69, 9.17) is 11.6 Å². The summed E-state index contributed by atoms with van der Waals surface area (Å²) in [5.41, 5.74) is 3.10. The molecule has 1 aliphatic carbocycles. The molecule has 0 bridgehead atoms. The molecule has 0 unspecified atom stereocenters. The van der Waals surface area contributed by atoms with Gasteiger partial charge in [0, 0.05) is 19.9 Å². The highest BCUT2D eigenvalue weighted by Crippen LogP contribution is 2.43. The highest BCUT2D eigenvalue weighted by atomic mass is 79.9. The minimum atomic E-state index is 0.857. The van der Waals surface area contributed by atoms with Crippen LogP contribution >= 0.6 is 38.9 Å². The maximum absolute atomic E-state index is 6.40. The number of fused-ring (bicyclic) bond motifs is 5. The van der Waals surface area contributed by atoms with E-state index in [1.54, 1.807) is 5.56 Å². The lowest BCUT2D eigenvalue weighted by atomic mass is 9.88. The fourth-order valence-corrected chi connectivity index (χ4v) is 5.19. The first-order valence-corrected chi connectivity index (χ1v) is 8.55. The van der Waals surface area contributed by atoms with Gasteiger partial charge in [-0.15, -0.1) is 11.3 Å². The number of hydrogen-bond donors (Lipinski definition) is 0. The van der Waals surface area contributed by atoms with E-state index in [0.717, 1.165) is 9.50 Å². The molecule has 1 heterocycles. The molecule has 0 atom stereocenters. The zero-order chi connectivity index (χ0) is 13.0. The van der Waals surface area contributed by atoms with Gasteiger partial charge in [-0.1, -0.05) is 33.6 Å². The van der Waals surface area contributed by atoms with Gasteiger partial charge in [-0.25, -0.2) is 0 Å². The smallest absolute Gasteiger partial charge is 0.0595 e. The lowest BCUT2D eigenvalue weighted by molar-refractivity contribution is 0.690. The van der Waals surface area contributed by atoms with Crippen molar-refractivity contribution in [2.24, 2.45) is 0 Å². The maximum atomic E-state index is 6.40. The number of aryl methyl sites for hydroxylation is 2. The highest BCUT2D eigenvalue weighted by Gasteiger charge is 2.17. The van der Waals surface area contributed by atoms with Gasteiger partial charge in [-0.05, 0) is 55.0 Å². The van der Waals surface area contributed by atoms with Crippen LogP contribution < -0.4 is 0 Å². The molecule has 1 aliphatic rings. The Morgan fingerprint density at radius 3 is 2.84 bits per heavy atom. The third kappa shape index (κ3) is 1.84. The van der Waals surface area contributed by atoms with E-state index in [0.29, 0.717) is 0 Å². The second-order valence-electron chi connectivity index (χ2n) is 5.15. The molecule has 1 aromatic heterocycles. The van der Waals surface area contributed by atoms with Gasteiger partial charge in [-0.2, -0.15) is 0 Å². The molecule has 0 fully saturated rings. The first-order chi connectivity index (χ1) is 9.24. The Balaban J connectivity index is 2.20. The molecule has 0 aliphatic heterocycles. The quantitative estimate of drug-likeness (QED) is 0.442. The molecule has 0 saturated heterocycles. The van der Waals surface area contributed by atoms with Crippen molar-refractivity contribution in [3.63, 3.8) is 0 Å². The Bertz CT molecular complexity index is 803. The fraction of sp³-hybridized carbons (Fsp3) is 0.250. The van der Waals surface area contributed by atoms with Gasteiger partial charge >= 0.3 is 0 Å². The third-order valence-electron chi connectivity index (χ3n) is 3.98. The molecule has 0 nitrogen and oxygen atoms in total. The van der Waals surface area contributed by atoms with Crippen molar-refractivity contribution in [1.82, 2.24) is 0 Å².